The lowest BCUT2D eigenvalue weighted by molar-refractivity contribution is -0.130. The van der Waals surface area contributed by atoms with E-state index in [4.69, 9.17) is 4.74 Å². The maximum absolute atomic E-state index is 12.3. The predicted octanol–water partition coefficient (Wildman–Crippen LogP) is 2.05. The van der Waals surface area contributed by atoms with E-state index < -0.39 is 10.0 Å². The second-order valence-electron chi connectivity index (χ2n) is 7.70. The van der Waals surface area contributed by atoms with Gasteiger partial charge in [-0.3, -0.25) is 4.79 Å². The monoisotopic (exact) mass is 374 g/mol. The van der Waals surface area contributed by atoms with Crippen molar-refractivity contribution in [1.29, 1.82) is 0 Å². The Kier molecular flexibility index (Phi) is 7.70. The third kappa shape index (κ3) is 6.22. The smallest absolute Gasteiger partial charge is 0.223 e. The van der Waals surface area contributed by atoms with Gasteiger partial charge in [-0.2, -0.15) is 0 Å². The molecule has 2 aliphatic carbocycles. The number of nitrogens with one attached hydrogen (secondary N) is 2. The van der Waals surface area contributed by atoms with Gasteiger partial charge in [-0.05, 0) is 44.4 Å². The average Bonchev–Trinajstić information content (AvgIpc) is 2.59. The molecular formula is C18H34N2O4S. The van der Waals surface area contributed by atoms with Gasteiger partial charge in [0.2, 0.25) is 15.9 Å². The molecule has 2 fully saturated rings. The zero-order chi connectivity index (χ0) is 18.4. The molecule has 25 heavy (non-hydrogen) atoms. The lowest BCUT2D eigenvalue weighted by atomic mass is 9.76. The third-order valence-electron chi connectivity index (χ3n) is 5.91. The fraction of sp³-hybridized carbons (Fsp3) is 0.944. The van der Waals surface area contributed by atoms with Gasteiger partial charge < -0.3 is 10.1 Å². The number of ether oxygens (including phenoxy) is 1. The molecule has 6 nitrogen and oxygen atoms in total. The van der Waals surface area contributed by atoms with Crippen molar-refractivity contribution >= 4 is 15.9 Å². The molecule has 2 rings (SSSR count). The molecule has 0 radical (unpaired) electrons. The number of carbonyl (C=O) groups is 1. The van der Waals surface area contributed by atoms with E-state index in [9.17, 15) is 13.2 Å². The fourth-order valence-electron chi connectivity index (χ4n) is 4.38. The zero-order valence-corrected chi connectivity index (χ0v) is 16.6. The summed E-state index contributed by atoms with van der Waals surface area (Å²) in [6, 6.07) is -0.224. The number of rotatable bonds is 7. The molecular weight excluding hydrogens is 340 g/mol. The Morgan fingerprint density at radius 3 is 2.36 bits per heavy atom. The molecule has 0 aliphatic heterocycles. The summed E-state index contributed by atoms with van der Waals surface area (Å²) in [4.78, 5) is 12.3. The largest absolute Gasteiger partial charge is 0.378 e. The van der Waals surface area contributed by atoms with E-state index in [1.54, 1.807) is 7.05 Å². The van der Waals surface area contributed by atoms with Crippen LogP contribution in [0.4, 0.5) is 0 Å². The average molecular weight is 375 g/mol. The van der Waals surface area contributed by atoms with Crippen LogP contribution in [0.1, 0.15) is 58.3 Å². The number of amides is 1. The van der Waals surface area contributed by atoms with Crippen LogP contribution in [0.15, 0.2) is 0 Å². The highest BCUT2D eigenvalue weighted by molar-refractivity contribution is 7.88. The summed E-state index contributed by atoms with van der Waals surface area (Å²) in [7, 11) is -1.66. The summed E-state index contributed by atoms with van der Waals surface area (Å²) < 4.78 is 32.3. The van der Waals surface area contributed by atoms with Crippen LogP contribution < -0.4 is 10.0 Å². The Hall–Kier alpha value is -0.660. The van der Waals surface area contributed by atoms with E-state index in [-0.39, 0.29) is 29.9 Å². The number of sulfonamides is 1. The van der Waals surface area contributed by atoms with E-state index in [2.05, 4.69) is 17.0 Å². The van der Waals surface area contributed by atoms with Crippen LogP contribution in [0, 0.1) is 17.8 Å². The molecule has 2 N–H and O–H groups in total. The summed E-state index contributed by atoms with van der Waals surface area (Å²) in [5.41, 5.74) is 0. The topological polar surface area (TPSA) is 84.5 Å². The quantitative estimate of drug-likeness (QED) is 0.714. The molecule has 0 saturated heterocycles. The highest BCUT2D eigenvalue weighted by Crippen LogP contribution is 2.33. The lowest BCUT2D eigenvalue weighted by Gasteiger charge is -2.38. The minimum Gasteiger partial charge on any atom is -0.378 e. The van der Waals surface area contributed by atoms with Gasteiger partial charge in [0.15, 0.2) is 0 Å². The number of hydrogen-bond acceptors (Lipinski definition) is 4. The fourth-order valence-corrected chi connectivity index (χ4v) is 5.23. The number of carbonyl (C=O) groups excluding carboxylic acids is 1. The molecule has 7 heteroatoms. The van der Waals surface area contributed by atoms with Crippen molar-refractivity contribution in [3.8, 4) is 0 Å². The van der Waals surface area contributed by atoms with Crippen molar-refractivity contribution in [3.05, 3.63) is 0 Å². The molecule has 146 valence electrons. The Bertz CT molecular complexity index is 529. The van der Waals surface area contributed by atoms with Crippen LogP contribution in [0.2, 0.25) is 0 Å². The van der Waals surface area contributed by atoms with Crippen molar-refractivity contribution in [2.75, 3.05) is 19.9 Å². The van der Waals surface area contributed by atoms with Gasteiger partial charge >= 0.3 is 0 Å². The maximum Gasteiger partial charge on any atom is 0.223 e. The molecule has 1 amide bonds. The second-order valence-corrected chi connectivity index (χ2v) is 9.48. The highest BCUT2D eigenvalue weighted by atomic mass is 32.2. The van der Waals surface area contributed by atoms with E-state index in [0.717, 1.165) is 38.0 Å². The van der Waals surface area contributed by atoms with Crippen molar-refractivity contribution in [2.24, 2.45) is 17.8 Å². The SMILES string of the molecule is CCC1CCC(OC[C@@H]2C(C(=O)NC)CCC[C@@H]2NS(C)(=O)=O)CC1. The Balaban J connectivity index is 2.00. The molecule has 0 heterocycles. The first-order chi connectivity index (χ1) is 11.8. The first-order valence-electron chi connectivity index (χ1n) is 9.64. The van der Waals surface area contributed by atoms with Gasteiger partial charge in [-0.15, -0.1) is 0 Å². The molecule has 1 unspecified atom stereocenters. The van der Waals surface area contributed by atoms with E-state index in [1.165, 1.54) is 25.5 Å². The van der Waals surface area contributed by atoms with Gasteiger partial charge in [0.25, 0.3) is 0 Å². The van der Waals surface area contributed by atoms with Gasteiger partial charge in [-0.25, -0.2) is 13.1 Å². The second kappa shape index (κ2) is 9.33. The summed E-state index contributed by atoms with van der Waals surface area (Å²) in [5.74, 6) is 0.508. The molecule has 0 aromatic rings. The minimum atomic E-state index is -3.30. The van der Waals surface area contributed by atoms with Gasteiger partial charge in [-0.1, -0.05) is 19.8 Å². The van der Waals surface area contributed by atoms with Gasteiger partial charge in [0, 0.05) is 24.9 Å². The molecule has 0 aromatic heterocycles. The van der Waals surface area contributed by atoms with Crippen LogP contribution in [0.25, 0.3) is 0 Å². The van der Waals surface area contributed by atoms with E-state index in [0.29, 0.717) is 6.61 Å². The zero-order valence-electron chi connectivity index (χ0n) is 15.8. The summed E-state index contributed by atoms with van der Waals surface area (Å²) in [5, 5.41) is 2.73. The van der Waals surface area contributed by atoms with Gasteiger partial charge in [0.1, 0.15) is 0 Å². The molecule has 2 aliphatic rings. The van der Waals surface area contributed by atoms with Crippen LogP contribution in [-0.2, 0) is 19.6 Å². The third-order valence-corrected chi connectivity index (χ3v) is 6.64. The number of hydrogen-bond donors (Lipinski definition) is 2. The summed E-state index contributed by atoms with van der Waals surface area (Å²) in [6.45, 7) is 2.69. The van der Waals surface area contributed by atoms with Crippen molar-refractivity contribution in [1.82, 2.24) is 10.0 Å². The Morgan fingerprint density at radius 2 is 1.80 bits per heavy atom. The standard InChI is InChI=1S/C18H34N2O4S/c1-4-13-8-10-14(11-9-13)24-12-16-15(18(21)19-2)6-5-7-17(16)20-25(3,22)23/h13-17,20H,4-12H2,1-3H3,(H,19,21)/t13?,14?,15?,16-,17+/m1/s1. The lowest BCUT2D eigenvalue weighted by Crippen LogP contribution is -2.50. The maximum atomic E-state index is 12.3. The molecule has 0 bridgehead atoms. The van der Waals surface area contributed by atoms with Crippen LogP contribution in [0.5, 0.6) is 0 Å². The van der Waals surface area contributed by atoms with Crippen molar-refractivity contribution < 1.29 is 17.9 Å². The van der Waals surface area contributed by atoms with Crippen molar-refractivity contribution in [3.63, 3.8) is 0 Å². The Morgan fingerprint density at radius 1 is 1.12 bits per heavy atom. The van der Waals surface area contributed by atoms with Crippen LogP contribution in [0.3, 0.4) is 0 Å². The van der Waals surface area contributed by atoms with Crippen molar-refractivity contribution in [2.45, 2.75) is 70.4 Å². The van der Waals surface area contributed by atoms with E-state index >= 15 is 0 Å². The molecule has 2 saturated carbocycles. The normalized spacial score (nSPS) is 33.8. The first kappa shape index (κ1) is 20.6. The van der Waals surface area contributed by atoms with Crippen LogP contribution >= 0.6 is 0 Å². The van der Waals surface area contributed by atoms with Crippen LogP contribution in [-0.4, -0.2) is 46.4 Å². The first-order valence-corrected chi connectivity index (χ1v) is 11.5. The highest BCUT2D eigenvalue weighted by Gasteiger charge is 2.39. The summed E-state index contributed by atoms with van der Waals surface area (Å²) in [6.07, 6.45) is 9.60. The van der Waals surface area contributed by atoms with Gasteiger partial charge in [0.05, 0.1) is 19.0 Å². The molecule has 3 atom stereocenters. The predicted molar refractivity (Wildman–Crippen MR) is 98.7 cm³/mol. The molecule has 0 aromatic carbocycles. The summed E-state index contributed by atoms with van der Waals surface area (Å²) >= 11 is 0. The Labute approximate surface area is 152 Å². The molecule has 0 spiro atoms. The van der Waals surface area contributed by atoms with E-state index in [1.807, 2.05) is 0 Å². The minimum absolute atomic E-state index is 0.0108.